The Morgan fingerprint density at radius 3 is 2.75 bits per heavy atom. The predicted octanol–water partition coefficient (Wildman–Crippen LogP) is 2.96. The number of carbonyl (C=O) groups is 1. The molecule has 0 bridgehead atoms. The Hall–Kier alpha value is -3.00. The van der Waals surface area contributed by atoms with Crippen molar-refractivity contribution in [3.05, 3.63) is 69.0 Å². The number of nitro groups is 1. The maximum atomic E-state index is 12.9. The lowest BCUT2D eigenvalue weighted by Gasteiger charge is -2.20. The number of ether oxygens (including phenoxy) is 3. The molecule has 0 amide bonds. The van der Waals surface area contributed by atoms with Crippen LogP contribution in [-0.4, -0.2) is 17.7 Å². The largest absolute Gasteiger partial charge is 0.467 e. The minimum absolute atomic E-state index is 0.0176. The topological polar surface area (TPSA) is 87.9 Å². The highest BCUT2D eigenvalue weighted by Gasteiger charge is 2.22. The number of esters is 1. The first-order chi connectivity index (χ1) is 11.5. The first-order valence-electron chi connectivity index (χ1n) is 6.98. The first-order valence-corrected chi connectivity index (χ1v) is 6.98. The molecule has 0 aliphatic carbocycles. The maximum absolute atomic E-state index is 12.9. The Bertz CT molecular complexity index is 790. The summed E-state index contributed by atoms with van der Waals surface area (Å²) in [6.45, 7) is -0.0140. The first kappa shape index (κ1) is 15.9. The summed E-state index contributed by atoms with van der Waals surface area (Å²) in [6.07, 6.45) is 0. The summed E-state index contributed by atoms with van der Waals surface area (Å²) in [6, 6.07) is 7.54. The second-order valence-corrected chi connectivity index (χ2v) is 5.04. The van der Waals surface area contributed by atoms with Gasteiger partial charge in [0, 0.05) is 23.3 Å². The highest BCUT2D eigenvalue weighted by atomic mass is 19.1. The van der Waals surface area contributed by atoms with Crippen molar-refractivity contribution in [1.29, 1.82) is 0 Å². The number of halogens is 1. The molecule has 0 radical (unpaired) electrons. The van der Waals surface area contributed by atoms with Crippen LogP contribution in [-0.2, 0) is 22.7 Å². The third-order valence-corrected chi connectivity index (χ3v) is 3.42. The molecule has 0 fully saturated rings. The van der Waals surface area contributed by atoms with Crippen molar-refractivity contribution in [2.24, 2.45) is 0 Å². The van der Waals surface area contributed by atoms with Gasteiger partial charge in [-0.05, 0) is 24.3 Å². The second-order valence-electron chi connectivity index (χ2n) is 5.04. The van der Waals surface area contributed by atoms with E-state index in [1.54, 1.807) is 0 Å². The monoisotopic (exact) mass is 333 g/mol. The van der Waals surface area contributed by atoms with E-state index in [0.29, 0.717) is 16.9 Å². The number of nitro benzene ring substituents is 1. The zero-order chi connectivity index (χ0) is 17.1. The molecule has 0 spiro atoms. The lowest BCUT2D eigenvalue weighted by molar-refractivity contribution is -0.385. The van der Waals surface area contributed by atoms with Crippen LogP contribution >= 0.6 is 0 Å². The molecule has 1 aliphatic rings. The Morgan fingerprint density at radius 1 is 1.29 bits per heavy atom. The molecular formula is C16H12FNO6. The lowest BCUT2D eigenvalue weighted by Crippen LogP contribution is -2.15. The highest BCUT2D eigenvalue weighted by molar-refractivity contribution is 5.89. The molecule has 24 heavy (non-hydrogen) atoms. The van der Waals surface area contributed by atoms with Crippen LogP contribution in [0.4, 0.5) is 10.1 Å². The maximum Gasteiger partial charge on any atom is 0.338 e. The predicted molar refractivity (Wildman–Crippen MR) is 78.9 cm³/mol. The molecule has 0 atom stereocenters. The fourth-order valence-electron chi connectivity index (χ4n) is 2.31. The average Bonchev–Trinajstić information content (AvgIpc) is 2.59. The van der Waals surface area contributed by atoms with Crippen LogP contribution in [0.1, 0.15) is 21.5 Å². The van der Waals surface area contributed by atoms with Crippen molar-refractivity contribution in [1.82, 2.24) is 0 Å². The molecule has 0 unspecified atom stereocenters. The third-order valence-electron chi connectivity index (χ3n) is 3.42. The van der Waals surface area contributed by atoms with Gasteiger partial charge in [0.2, 0.25) is 0 Å². The van der Waals surface area contributed by atoms with Crippen molar-refractivity contribution >= 4 is 11.7 Å². The summed E-state index contributed by atoms with van der Waals surface area (Å²) in [5, 5.41) is 11.0. The molecule has 0 N–H and O–H groups in total. The van der Waals surface area contributed by atoms with Gasteiger partial charge < -0.3 is 14.2 Å². The van der Waals surface area contributed by atoms with Gasteiger partial charge in [0.15, 0.2) is 6.79 Å². The number of non-ortho nitro benzene ring substituents is 1. The van der Waals surface area contributed by atoms with Gasteiger partial charge in [0.1, 0.15) is 18.2 Å². The Balaban J connectivity index is 1.81. The lowest BCUT2D eigenvalue weighted by atomic mass is 10.1. The number of hydrogen-bond acceptors (Lipinski definition) is 6. The quantitative estimate of drug-likeness (QED) is 0.485. The van der Waals surface area contributed by atoms with Crippen LogP contribution in [0.15, 0.2) is 36.4 Å². The number of benzene rings is 2. The minimum atomic E-state index is -0.665. The van der Waals surface area contributed by atoms with Gasteiger partial charge in [-0.25, -0.2) is 9.18 Å². The molecule has 7 nitrogen and oxygen atoms in total. The van der Waals surface area contributed by atoms with Gasteiger partial charge in [0.05, 0.1) is 17.1 Å². The highest BCUT2D eigenvalue weighted by Crippen LogP contribution is 2.33. The summed E-state index contributed by atoms with van der Waals surface area (Å²) in [4.78, 5) is 22.4. The molecule has 2 aromatic carbocycles. The SMILES string of the molecule is O=C(OCc1cc([N+](=O)[O-])cc2c1OCOC2)c1ccc(F)cc1. The van der Waals surface area contributed by atoms with E-state index >= 15 is 0 Å². The van der Waals surface area contributed by atoms with Crippen molar-refractivity contribution in [3.8, 4) is 5.75 Å². The van der Waals surface area contributed by atoms with Crippen LogP contribution in [0.25, 0.3) is 0 Å². The van der Waals surface area contributed by atoms with E-state index in [1.807, 2.05) is 0 Å². The van der Waals surface area contributed by atoms with Crippen molar-refractivity contribution < 1.29 is 28.3 Å². The Morgan fingerprint density at radius 2 is 2.04 bits per heavy atom. The molecule has 0 saturated carbocycles. The van der Waals surface area contributed by atoms with E-state index in [-0.39, 0.29) is 31.3 Å². The summed E-state index contributed by atoms with van der Waals surface area (Å²) < 4.78 is 28.5. The molecule has 2 aromatic rings. The normalized spacial score (nSPS) is 12.9. The fourth-order valence-corrected chi connectivity index (χ4v) is 2.31. The van der Waals surface area contributed by atoms with E-state index < -0.39 is 16.7 Å². The van der Waals surface area contributed by atoms with E-state index in [2.05, 4.69) is 0 Å². The molecule has 1 aliphatic heterocycles. The summed E-state index contributed by atoms with van der Waals surface area (Å²) in [5.41, 5.74) is 0.928. The summed E-state index contributed by atoms with van der Waals surface area (Å²) >= 11 is 0. The third kappa shape index (κ3) is 3.33. The van der Waals surface area contributed by atoms with Gasteiger partial charge in [0.25, 0.3) is 5.69 Å². The Kier molecular flexibility index (Phi) is 4.39. The number of rotatable bonds is 4. The molecule has 8 heteroatoms. The van der Waals surface area contributed by atoms with Crippen molar-refractivity contribution in [2.45, 2.75) is 13.2 Å². The smallest absolute Gasteiger partial charge is 0.338 e. The van der Waals surface area contributed by atoms with E-state index in [4.69, 9.17) is 14.2 Å². The minimum Gasteiger partial charge on any atom is -0.467 e. The van der Waals surface area contributed by atoms with Crippen molar-refractivity contribution in [3.63, 3.8) is 0 Å². The fraction of sp³-hybridized carbons (Fsp3) is 0.188. The van der Waals surface area contributed by atoms with E-state index in [0.717, 1.165) is 12.1 Å². The summed E-state index contributed by atoms with van der Waals surface area (Å²) in [5.74, 6) is -0.714. The van der Waals surface area contributed by atoms with Gasteiger partial charge in [-0.2, -0.15) is 0 Å². The second kappa shape index (κ2) is 6.63. The van der Waals surface area contributed by atoms with Gasteiger partial charge >= 0.3 is 5.97 Å². The van der Waals surface area contributed by atoms with Crippen LogP contribution in [0.5, 0.6) is 5.75 Å². The summed E-state index contributed by atoms with van der Waals surface area (Å²) in [7, 11) is 0. The van der Waals surface area contributed by atoms with Crippen LogP contribution in [0.2, 0.25) is 0 Å². The van der Waals surface area contributed by atoms with Gasteiger partial charge in [-0.1, -0.05) is 0 Å². The molecule has 3 rings (SSSR count). The van der Waals surface area contributed by atoms with Crippen LogP contribution in [0.3, 0.4) is 0 Å². The van der Waals surface area contributed by atoms with E-state index in [9.17, 15) is 19.3 Å². The van der Waals surface area contributed by atoms with Crippen molar-refractivity contribution in [2.75, 3.05) is 6.79 Å². The molecule has 0 saturated heterocycles. The zero-order valence-electron chi connectivity index (χ0n) is 12.4. The molecule has 0 aromatic heterocycles. The van der Waals surface area contributed by atoms with Gasteiger partial charge in [-0.3, -0.25) is 10.1 Å². The van der Waals surface area contributed by atoms with Crippen LogP contribution in [0, 0.1) is 15.9 Å². The molecule has 124 valence electrons. The average molecular weight is 333 g/mol. The number of carbonyl (C=O) groups excluding carboxylic acids is 1. The number of fused-ring (bicyclic) bond motifs is 1. The number of hydrogen-bond donors (Lipinski definition) is 0. The van der Waals surface area contributed by atoms with Crippen LogP contribution < -0.4 is 4.74 Å². The van der Waals surface area contributed by atoms with Gasteiger partial charge in [-0.15, -0.1) is 0 Å². The number of nitrogens with zero attached hydrogens (tertiary/aromatic N) is 1. The zero-order valence-corrected chi connectivity index (χ0v) is 12.4. The standard InChI is InChI=1S/C16H12FNO6/c17-13-3-1-10(2-4-13)16(19)23-8-12-6-14(18(20)21)5-11-7-22-9-24-15(11)12/h1-6H,7-9H2. The van der Waals surface area contributed by atoms with E-state index in [1.165, 1.54) is 24.3 Å². The molecular weight excluding hydrogens is 321 g/mol. The Labute approximate surface area is 135 Å². The molecule has 1 heterocycles.